The van der Waals surface area contributed by atoms with Crippen LogP contribution in [0.3, 0.4) is 0 Å². The van der Waals surface area contributed by atoms with Crippen molar-refractivity contribution in [1.29, 1.82) is 0 Å². The number of benzene rings is 3. The standard InChI is InChI=1S/C36H42FN3O5S/c1-5-8-19-43-20-21-45-31-14-9-27(10-15-31)29-22-28(36(44-7-3)33(37)23-29)11-18-35(41)39-30-12-16-32(17-13-30)46(42)24-34-26(4)38-25-40(34)6-2/h9-18,22-23,25H,5-8,19-21,24H2,1-4H3,(H,39,41)/b18-11+. The van der Waals surface area contributed by atoms with E-state index in [0.29, 0.717) is 46.4 Å². The average Bonchev–Trinajstić information content (AvgIpc) is 3.41. The van der Waals surface area contributed by atoms with Gasteiger partial charge in [0.15, 0.2) is 22.2 Å². The first-order valence-corrected chi connectivity index (χ1v) is 16.9. The third-order valence-corrected chi connectivity index (χ3v) is 8.58. The number of amides is 1. The fourth-order valence-corrected chi connectivity index (χ4v) is 5.96. The SMILES string of the molecule is CCCCOCCOc1ccc(-c2cc(F)c(OCC)c(/C=C/C(=O)Nc3ccc([S+]([O-])Cc4c(C)ncn4CC)cc3)c2)cc1. The number of nitrogens with one attached hydrogen (secondary N) is 1. The molecule has 1 atom stereocenters. The van der Waals surface area contributed by atoms with Crippen molar-refractivity contribution in [2.75, 3.05) is 31.7 Å². The Bertz CT molecular complexity index is 1590. The summed E-state index contributed by atoms with van der Waals surface area (Å²) in [4.78, 5) is 17.8. The maximum atomic E-state index is 15.2. The van der Waals surface area contributed by atoms with Gasteiger partial charge in [0, 0.05) is 30.5 Å². The number of halogens is 1. The monoisotopic (exact) mass is 647 g/mol. The number of anilines is 1. The molecule has 1 heterocycles. The molecule has 1 aromatic heterocycles. The lowest BCUT2D eigenvalue weighted by atomic mass is 10.0. The lowest BCUT2D eigenvalue weighted by Crippen LogP contribution is -2.11. The highest BCUT2D eigenvalue weighted by Crippen LogP contribution is 2.32. The van der Waals surface area contributed by atoms with Crippen molar-refractivity contribution < 1.29 is 27.9 Å². The van der Waals surface area contributed by atoms with Gasteiger partial charge >= 0.3 is 0 Å². The second-order valence-corrected chi connectivity index (χ2v) is 12.0. The Hall–Kier alpha value is -4.12. The van der Waals surface area contributed by atoms with Gasteiger partial charge < -0.3 is 28.6 Å². The lowest BCUT2D eigenvalue weighted by Gasteiger charge is -2.13. The number of carbonyl (C=O) groups excluding carboxylic acids is 1. The summed E-state index contributed by atoms with van der Waals surface area (Å²) in [6, 6.07) is 17.5. The predicted molar refractivity (Wildman–Crippen MR) is 181 cm³/mol. The van der Waals surface area contributed by atoms with E-state index < -0.39 is 22.9 Å². The molecule has 4 aromatic rings. The van der Waals surface area contributed by atoms with Gasteiger partial charge in [-0.1, -0.05) is 25.5 Å². The van der Waals surface area contributed by atoms with Gasteiger partial charge in [0.25, 0.3) is 0 Å². The van der Waals surface area contributed by atoms with E-state index in [2.05, 4.69) is 17.2 Å². The zero-order chi connectivity index (χ0) is 32.9. The lowest BCUT2D eigenvalue weighted by molar-refractivity contribution is -0.111. The zero-order valence-electron chi connectivity index (χ0n) is 26.9. The molecular weight excluding hydrogens is 605 g/mol. The number of nitrogens with zero attached hydrogens (tertiary/aromatic N) is 2. The second-order valence-electron chi connectivity index (χ2n) is 10.5. The number of carbonyl (C=O) groups is 1. The maximum absolute atomic E-state index is 15.2. The fourth-order valence-electron chi connectivity index (χ4n) is 4.73. The van der Waals surface area contributed by atoms with Crippen LogP contribution in [-0.4, -0.2) is 46.4 Å². The van der Waals surface area contributed by atoms with Crippen LogP contribution in [-0.2, 0) is 33.0 Å². The van der Waals surface area contributed by atoms with Crippen LogP contribution in [0.25, 0.3) is 17.2 Å². The Morgan fingerprint density at radius 1 is 1.00 bits per heavy atom. The molecule has 0 aliphatic heterocycles. The van der Waals surface area contributed by atoms with E-state index in [1.807, 2.05) is 42.7 Å². The first kappa shape index (κ1) is 34.7. The maximum Gasteiger partial charge on any atom is 0.248 e. The molecule has 8 nitrogen and oxygen atoms in total. The average molecular weight is 648 g/mol. The molecule has 0 saturated carbocycles. The van der Waals surface area contributed by atoms with E-state index >= 15 is 4.39 Å². The quantitative estimate of drug-likeness (QED) is 0.0721. The first-order valence-electron chi connectivity index (χ1n) is 15.6. The van der Waals surface area contributed by atoms with Crippen LogP contribution in [0.5, 0.6) is 11.5 Å². The topological polar surface area (TPSA) is 97.7 Å². The van der Waals surface area contributed by atoms with Crippen LogP contribution in [0.1, 0.15) is 50.6 Å². The Balaban J connectivity index is 1.40. The van der Waals surface area contributed by atoms with E-state index in [1.165, 1.54) is 18.2 Å². The van der Waals surface area contributed by atoms with Crippen LogP contribution in [0.15, 0.2) is 78.0 Å². The summed E-state index contributed by atoms with van der Waals surface area (Å²) in [6.07, 6.45) is 6.75. The van der Waals surface area contributed by atoms with E-state index in [0.717, 1.165) is 42.9 Å². The van der Waals surface area contributed by atoms with Crippen molar-refractivity contribution in [2.45, 2.75) is 57.7 Å². The zero-order valence-corrected chi connectivity index (χ0v) is 27.7. The molecule has 0 aliphatic rings. The molecule has 1 unspecified atom stereocenters. The van der Waals surface area contributed by atoms with Crippen LogP contribution in [0.2, 0.25) is 0 Å². The van der Waals surface area contributed by atoms with E-state index in [1.54, 1.807) is 43.6 Å². The minimum absolute atomic E-state index is 0.0739. The number of rotatable bonds is 17. The molecule has 0 saturated heterocycles. The van der Waals surface area contributed by atoms with Crippen LogP contribution < -0.4 is 14.8 Å². The van der Waals surface area contributed by atoms with Crippen molar-refractivity contribution in [3.63, 3.8) is 0 Å². The minimum atomic E-state index is -1.26. The van der Waals surface area contributed by atoms with Crippen LogP contribution >= 0.6 is 0 Å². The number of imidazole rings is 1. The van der Waals surface area contributed by atoms with Crippen LogP contribution in [0.4, 0.5) is 10.1 Å². The summed E-state index contributed by atoms with van der Waals surface area (Å²) in [5, 5.41) is 2.80. The Kier molecular flexibility index (Phi) is 13.3. The summed E-state index contributed by atoms with van der Waals surface area (Å²) in [7, 11) is 0. The van der Waals surface area contributed by atoms with Crippen molar-refractivity contribution >= 4 is 28.8 Å². The van der Waals surface area contributed by atoms with Gasteiger partial charge in [-0.15, -0.1) is 0 Å². The molecule has 0 fully saturated rings. The highest BCUT2D eigenvalue weighted by molar-refractivity contribution is 7.90. The highest BCUT2D eigenvalue weighted by Gasteiger charge is 2.18. The number of hydrogen-bond donors (Lipinski definition) is 1. The summed E-state index contributed by atoms with van der Waals surface area (Å²) < 4.78 is 47.0. The first-order chi connectivity index (χ1) is 22.3. The predicted octanol–water partition coefficient (Wildman–Crippen LogP) is 7.57. The third kappa shape index (κ3) is 9.69. The largest absolute Gasteiger partial charge is 0.611 e. The van der Waals surface area contributed by atoms with Gasteiger partial charge in [-0.3, -0.25) is 4.79 Å². The van der Waals surface area contributed by atoms with Crippen molar-refractivity contribution in [3.05, 3.63) is 95.8 Å². The van der Waals surface area contributed by atoms with Gasteiger partial charge in [-0.05, 0) is 104 Å². The van der Waals surface area contributed by atoms with E-state index in [-0.39, 0.29) is 12.4 Å². The number of aryl methyl sites for hydroxylation is 2. The molecule has 0 bridgehead atoms. The smallest absolute Gasteiger partial charge is 0.248 e. The number of aromatic nitrogens is 2. The molecule has 1 amide bonds. The van der Waals surface area contributed by atoms with Gasteiger partial charge in [0.05, 0.1) is 30.9 Å². The highest BCUT2D eigenvalue weighted by atomic mass is 32.2. The number of ether oxygens (including phenoxy) is 3. The third-order valence-electron chi connectivity index (χ3n) is 7.25. The van der Waals surface area contributed by atoms with Crippen molar-refractivity contribution in [2.24, 2.45) is 0 Å². The van der Waals surface area contributed by atoms with Gasteiger partial charge in [0.1, 0.15) is 12.4 Å². The summed E-state index contributed by atoms with van der Waals surface area (Å²) in [5.74, 6) is 0.210. The van der Waals surface area contributed by atoms with Gasteiger partial charge in [0.2, 0.25) is 5.91 Å². The number of unbranched alkanes of at least 4 members (excludes halogenated alkanes) is 1. The molecule has 0 radical (unpaired) electrons. The molecular formula is C36H42FN3O5S. The summed E-state index contributed by atoms with van der Waals surface area (Å²) in [5.41, 5.74) is 4.22. The molecule has 244 valence electrons. The van der Waals surface area contributed by atoms with E-state index in [4.69, 9.17) is 14.2 Å². The minimum Gasteiger partial charge on any atom is -0.611 e. The number of hydrogen-bond acceptors (Lipinski definition) is 6. The molecule has 10 heteroatoms. The molecule has 0 spiro atoms. The van der Waals surface area contributed by atoms with Gasteiger partial charge in [-0.25, -0.2) is 9.37 Å². The van der Waals surface area contributed by atoms with Crippen LogP contribution in [0, 0.1) is 12.7 Å². The molecule has 1 N–H and O–H groups in total. The van der Waals surface area contributed by atoms with Crippen molar-refractivity contribution in [1.82, 2.24) is 9.55 Å². The summed E-state index contributed by atoms with van der Waals surface area (Å²) >= 11 is -1.26. The Labute approximate surface area is 273 Å². The molecule has 3 aromatic carbocycles. The summed E-state index contributed by atoms with van der Waals surface area (Å²) in [6.45, 7) is 10.6. The Morgan fingerprint density at radius 3 is 2.46 bits per heavy atom. The fraction of sp³-hybridized carbons (Fsp3) is 0.333. The Morgan fingerprint density at radius 2 is 1.76 bits per heavy atom. The van der Waals surface area contributed by atoms with Crippen molar-refractivity contribution in [3.8, 4) is 22.6 Å². The van der Waals surface area contributed by atoms with E-state index in [9.17, 15) is 9.35 Å². The molecule has 46 heavy (non-hydrogen) atoms. The molecule has 0 aliphatic carbocycles. The molecule has 4 rings (SSSR count). The normalized spacial score (nSPS) is 12.0. The second kappa shape index (κ2) is 17.5. The van der Waals surface area contributed by atoms with Gasteiger partial charge in [-0.2, -0.15) is 0 Å².